The molecule has 2 aliphatic rings. The van der Waals surface area contributed by atoms with Crippen molar-refractivity contribution in [1.29, 1.82) is 0 Å². The van der Waals surface area contributed by atoms with Gasteiger partial charge in [0, 0.05) is 12.7 Å². The van der Waals surface area contributed by atoms with Crippen LogP contribution in [0.25, 0.3) is 5.65 Å². The Kier molecular flexibility index (Phi) is 3.67. The zero-order valence-corrected chi connectivity index (χ0v) is 13.1. The molecule has 0 saturated heterocycles. The van der Waals surface area contributed by atoms with Gasteiger partial charge in [0.05, 0.1) is 0 Å². The molecule has 6 heteroatoms. The maximum absolute atomic E-state index is 12.1. The van der Waals surface area contributed by atoms with Crippen molar-refractivity contribution in [2.75, 3.05) is 6.54 Å². The average molecular weight is 314 g/mol. The van der Waals surface area contributed by atoms with Crippen molar-refractivity contribution < 1.29 is 4.79 Å². The smallest absolute Gasteiger partial charge is 0.350 e. The lowest BCUT2D eigenvalue weighted by Crippen LogP contribution is -2.34. The van der Waals surface area contributed by atoms with Crippen LogP contribution in [0.15, 0.2) is 29.2 Å². The number of hydrogen-bond acceptors (Lipinski definition) is 3. The van der Waals surface area contributed by atoms with E-state index < -0.39 is 0 Å². The zero-order valence-electron chi connectivity index (χ0n) is 13.1. The van der Waals surface area contributed by atoms with Crippen LogP contribution in [0, 0.1) is 17.8 Å². The van der Waals surface area contributed by atoms with E-state index in [9.17, 15) is 9.59 Å². The van der Waals surface area contributed by atoms with Gasteiger partial charge in [-0.05, 0) is 55.6 Å². The number of amides is 1. The highest BCUT2D eigenvalue weighted by molar-refractivity contribution is 5.75. The van der Waals surface area contributed by atoms with E-state index in [1.165, 1.54) is 34.8 Å². The second-order valence-corrected chi connectivity index (χ2v) is 6.94. The standard InChI is InChI=1S/C17H22N4O2/c22-16(18-7-6-14-10-12-4-5-13(14)9-12)11-21-17(23)20-8-2-1-3-15(20)19-21/h1-3,8,12-14H,4-7,9-11H2,(H,18,22)/t12-,13-,14-/m0/s1. The van der Waals surface area contributed by atoms with Gasteiger partial charge < -0.3 is 5.32 Å². The highest BCUT2D eigenvalue weighted by Crippen LogP contribution is 2.49. The van der Waals surface area contributed by atoms with Crippen LogP contribution in [0.2, 0.25) is 0 Å². The molecule has 2 heterocycles. The molecule has 122 valence electrons. The maximum atomic E-state index is 12.1. The van der Waals surface area contributed by atoms with Gasteiger partial charge in [0.1, 0.15) is 6.54 Å². The molecule has 4 rings (SSSR count). The summed E-state index contributed by atoms with van der Waals surface area (Å²) in [6, 6.07) is 5.35. The summed E-state index contributed by atoms with van der Waals surface area (Å²) >= 11 is 0. The van der Waals surface area contributed by atoms with Crippen molar-refractivity contribution in [3.05, 3.63) is 34.9 Å². The van der Waals surface area contributed by atoms with E-state index >= 15 is 0 Å². The first-order chi connectivity index (χ1) is 11.2. The van der Waals surface area contributed by atoms with Gasteiger partial charge in [-0.25, -0.2) is 9.48 Å². The summed E-state index contributed by atoms with van der Waals surface area (Å²) in [5, 5.41) is 7.12. The minimum absolute atomic E-state index is 0.0166. The van der Waals surface area contributed by atoms with Crippen molar-refractivity contribution in [3.63, 3.8) is 0 Å². The third kappa shape index (κ3) is 2.78. The molecule has 2 bridgehead atoms. The number of rotatable bonds is 5. The second-order valence-electron chi connectivity index (χ2n) is 6.94. The topological polar surface area (TPSA) is 68.4 Å². The summed E-state index contributed by atoms with van der Waals surface area (Å²) < 4.78 is 2.67. The highest BCUT2D eigenvalue weighted by Gasteiger charge is 2.38. The van der Waals surface area contributed by atoms with Gasteiger partial charge >= 0.3 is 5.69 Å². The van der Waals surface area contributed by atoms with Crippen LogP contribution in [0.1, 0.15) is 32.1 Å². The number of fused-ring (bicyclic) bond motifs is 3. The van der Waals surface area contributed by atoms with E-state index in [1.807, 2.05) is 6.07 Å². The van der Waals surface area contributed by atoms with E-state index in [1.54, 1.807) is 18.3 Å². The summed E-state index contributed by atoms with van der Waals surface area (Å²) in [5.41, 5.74) is 0.288. The Balaban J connectivity index is 1.31. The maximum Gasteiger partial charge on any atom is 0.350 e. The SMILES string of the molecule is O=C(Cn1nc2ccccn2c1=O)NCC[C@H]1C[C@H]2CC[C@H]1C2. The van der Waals surface area contributed by atoms with Crippen molar-refractivity contribution in [2.45, 2.75) is 38.6 Å². The van der Waals surface area contributed by atoms with E-state index in [0.717, 1.165) is 24.2 Å². The fourth-order valence-electron chi connectivity index (χ4n) is 4.39. The molecular formula is C17H22N4O2. The lowest BCUT2D eigenvalue weighted by atomic mass is 9.86. The average Bonchev–Trinajstić information content (AvgIpc) is 3.24. The Labute approximate surface area is 134 Å². The molecule has 3 atom stereocenters. The van der Waals surface area contributed by atoms with Crippen LogP contribution >= 0.6 is 0 Å². The van der Waals surface area contributed by atoms with Crippen molar-refractivity contribution >= 4 is 11.6 Å². The zero-order chi connectivity index (χ0) is 15.8. The lowest BCUT2D eigenvalue weighted by molar-refractivity contribution is -0.121. The summed E-state index contributed by atoms with van der Waals surface area (Å²) in [7, 11) is 0. The quantitative estimate of drug-likeness (QED) is 0.908. The second kappa shape index (κ2) is 5.83. The van der Waals surface area contributed by atoms with E-state index in [4.69, 9.17) is 0 Å². The number of pyridine rings is 1. The molecule has 2 aromatic rings. The summed E-state index contributed by atoms with van der Waals surface area (Å²) in [6.45, 7) is 0.687. The number of nitrogens with zero attached hydrogens (tertiary/aromatic N) is 3. The monoisotopic (exact) mass is 314 g/mol. The van der Waals surface area contributed by atoms with Gasteiger partial charge in [-0.2, -0.15) is 0 Å². The van der Waals surface area contributed by atoms with Crippen LogP contribution in [-0.4, -0.2) is 26.6 Å². The third-order valence-corrected chi connectivity index (χ3v) is 5.50. The van der Waals surface area contributed by atoms with E-state index in [0.29, 0.717) is 12.2 Å². The Morgan fingerprint density at radius 1 is 1.30 bits per heavy atom. The minimum atomic E-state index is -0.274. The predicted octanol–water partition coefficient (Wildman–Crippen LogP) is 1.44. The summed E-state index contributed by atoms with van der Waals surface area (Å²) in [6.07, 6.45) is 8.24. The van der Waals surface area contributed by atoms with Gasteiger partial charge in [0.2, 0.25) is 5.91 Å². The molecule has 2 fully saturated rings. The molecule has 23 heavy (non-hydrogen) atoms. The molecular weight excluding hydrogens is 292 g/mol. The van der Waals surface area contributed by atoms with Gasteiger partial charge in [-0.3, -0.25) is 9.20 Å². The molecule has 0 unspecified atom stereocenters. The molecule has 0 spiro atoms. The van der Waals surface area contributed by atoms with Crippen LogP contribution < -0.4 is 11.0 Å². The molecule has 2 aliphatic carbocycles. The van der Waals surface area contributed by atoms with Crippen LogP contribution in [0.4, 0.5) is 0 Å². The first-order valence-electron chi connectivity index (χ1n) is 8.51. The number of hydrogen-bond donors (Lipinski definition) is 1. The fraction of sp³-hybridized carbons (Fsp3) is 0.588. The first kappa shape index (κ1) is 14.5. The van der Waals surface area contributed by atoms with Crippen LogP contribution in [0.3, 0.4) is 0 Å². The van der Waals surface area contributed by atoms with Crippen molar-refractivity contribution in [3.8, 4) is 0 Å². The van der Waals surface area contributed by atoms with Crippen LogP contribution in [0.5, 0.6) is 0 Å². The molecule has 6 nitrogen and oxygen atoms in total. The molecule has 1 N–H and O–H groups in total. The number of carbonyl (C=O) groups is 1. The van der Waals surface area contributed by atoms with Crippen molar-refractivity contribution in [1.82, 2.24) is 19.5 Å². The molecule has 0 aromatic carbocycles. The van der Waals surface area contributed by atoms with E-state index in [-0.39, 0.29) is 18.1 Å². The Bertz CT molecular complexity index is 778. The Morgan fingerprint density at radius 3 is 2.96 bits per heavy atom. The van der Waals surface area contributed by atoms with E-state index in [2.05, 4.69) is 10.4 Å². The molecule has 1 amide bonds. The molecule has 2 saturated carbocycles. The number of aromatic nitrogens is 3. The molecule has 0 aliphatic heterocycles. The fourth-order valence-corrected chi connectivity index (χ4v) is 4.39. The van der Waals surface area contributed by atoms with Gasteiger partial charge in [-0.15, -0.1) is 5.10 Å². The number of carbonyl (C=O) groups excluding carboxylic acids is 1. The normalized spacial score (nSPS) is 26.0. The molecule has 2 aromatic heterocycles. The first-order valence-corrected chi connectivity index (χ1v) is 8.51. The third-order valence-electron chi connectivity index (χ3n) is 5.50. The minimum Gasteiger partial charge on any atom is -0.354 e. The van der Waals surface area contributed by atoms with Crippen molar-refractivity contribution in [2.24, 2.45) is 17.8 Å². The van der Waals surface area contributed by atoms with Gasteiger partial charge in [0.15, 0.2) is 5.65 Å². The molecule has 0 radical (unpaired) electrons. The van der Waals surface area contributed by atoms with Gasteiger partial charge in [0.25, 0.3) is 0 Å². The Morgan fingerprint density at radius 2 is 2.22 bits per heavy atom. The summed E-state index contributed by atoms with van der Waals surface area (Å²) in [4.78, 5) is 24.2. The van der Waals surface area contributed by atoms with Crippen LogP contribution in [-0.2, 0) is 11.3 Å². The highest BCUT2D eigenvalue weighted by atomic mass is 16.2. The number of nitrogens with one attached hydrogen (secondary N) is 1. The Hall–Kier alpha value is -2.11. The lowest BCUT2D eigenvalue weighted by Gasteiger charge is -2.21. The predicted molar refractivity (Wildman–Crippen MR) is 86.0 cm³/mol. The summed E-state index contributed by atoms with van der Waals surface area (Å²) in [5.74, 6) is 2.47. The van der Waals surface area contributed by atoms with Gasteiger partial charge in [-0.1, -0.05) is 12.5 Å². The largest absolute Gasteiger partial charge is 0.354 e.